The molecule has 5 aliphatic rings. The first-order valence-electron chi connectivity index (χ1n) is 11.5. The molecule has 5 nitrogen and oxygen atoms in total. The van der Waals surface area contributed by atoms with Crippen LogP contribution in [-0.4, -0.2) is 17.8 Å². The Kier molecular flexibility index (Phi) is 4.36. The molecule has 162 valence electrons. The molecule has 0 spiro atoms. The lowest BCUT2D eigenvalue weighted by Crippen LogP contribution is -2.40. The van der Waals surface area contributed by atoms with Crippen LogP contribution < -0.4 is 9.64 Å². The maximum Gasteiger partial charge on any atom is 0.343 e. The standard InChI is InChI=1S/C27H25NO4/c1-2-4-15-7-9-18(10-8-15)32-27(31)16-5-3-6-17(13-16)28-25(29)23-19-11-12-20(22-14-21(19)22)24(23)26(28)30/h3,5-13,19-24H,2,4,14H2,1H3/t19-,20-,21-,22+,23+,24+/m0/s1. The van der Waals surface area contributed by atoms with Gasteiger partial charge in [-0.3, -0.25) is 9.59 Å². The number of nitrogens with zero attached hydrogens (tertiary/aromatic N) is 1. The van der Waals surface area contributed by atoms with Crippen molar-refractivity contribution in [1.29, 1.82) is 0 Å². The number of carbonyl (C=O) groups is 3. The van der Waals surface area contributed by atoms with Crippen molar-refractivity contribution >= 4 is 23.5 Å². The molecule has 4 aliphatic carbocycles. The fourth-order valence-corrected chi connectivity index (χ4v) is 6.16. The first-order valence-corrected chi connectivity index (χ1v) is 11.5. The van der Waals surface area contributed by atoms with Crippen molar-refractivity contribution in [3.8, 4) is 5.75 Å². The molecule has 2 saturated carbocycles. The van der Waals surface area contributed by atoms with Gasteiger partial charge in [0.25, 0.3) is 0 Å². The van der Waals surface area contributed by atoms with Crippen molar-refractivity contribution in [1.82, 2.24) is 0 Å². The SMILES string of the molecule is CCCc1ccc(OC(=O)c2cccc(N3C(=O)[C@@H]4[C@H]5C=C[C@@H]([C@@H]6C[C@H]56)[C@H]4C3=O)c2)cc1. The van der Waals surface area contributed by atoms with Crippen molar-refractivity contribution in [2.75, 3.05) is 4.90 Å². The number of amides is 2. The zero-order valence-electron chi connectivity index (χ0n) is 17.9. The highest BCUT2D eigenvalue weighted by molar-refractivity contribution is 6.23. The number of hydrogen-bond donors (Lipinski definition) is 0. The molecule has 7 rings (SSSR count). The Morgan fingerprint density at radius 2 is 1.62 bits per heavy atom. The van der Waals surface area contributed by atoms with E-state index in [-0.39, 0.29) is 35.5 Å². The number of anilines is 1. The van der Waals surface area contributed by atoms with E-state index in [0.29, 0.717) is 28.8 Å². The third kappa shape index (κ3) is 2.87. The Morgan fingerprint density at radius 1 is 0.969 bits per heavy atom. The lowest BCUT2D eigenvalue weighted by atomic mass is 9.63. The van der Waals surface area contributed by atoms with Crippen LogP contribution in [0.3, 0.4) is 0 Å². The normalized spacial score (nSPS) is 31.5. The largest absolute Gasteiger partial charge is 0.423 e. The highest BCUT2D eigenvalue weighted by Crippen LogP contribution is 2.65. The maximum atomic E-state index is 13.3. The second kappa shape index (κ2) is 7.16. The summed E-state index contributed by atoms with van der Waals surface area (Å²) >= 11 is 0. The van der Waals surface area contributed by atoms with Crippen LogP contribution in [0.1, 0.15) is 35.7 Å². The van der Waals surface area contributed by atoms with E-state index in [1.165, 1.54) is 10.5 Å². The number of rotatable bonds is 5. The summed E-state index contributed by atoms with van der Waals surface area (Å²) in [6, 6.07) is 14.2. The van der Waals surface area contributed by atoms with Gasteiger partial charge in [-0.15, -0.1) is 0 Å². The lowest BCUT2D eigenvalue weighted by molar-refractivity contribution is -0.124. The molecule has 0 unspecified atom stereocenters. The molecule has 0 N–H and O–H groups in total. The monoisotopic (exact) mass is 427 g/mol. The van der Waals surface area contributed by atoms with Gasteiger partial charge in [0.1, 0.15) is 5.75 Å². The van der Waals surface area contributed by atoms with Crippen molar-refractivity contribution in [3.05, 3.63) is 71.8 Å². The first-order chi connectivity index (χ1) is 15.6. The van der Waals surface area contributed by atoms with E-state index in [2.05, 4.69) is 19.1 Å². The summed E-state index contributed by atoms with van der Waals surface area (Å²) in [6.07, 6.45) is 7.49. The summed E-state index contributed by atoms with van der Waals surface area (Å²) in [4.78, 5) is 40.7. The van der Waals surface area contributed by atoms with Crippen LogP contribution in [0.15, 0.2) is 60.7 Å². The van der Waals surface area contributed by atoms with Crippen LogP contribution in [0.4, 0.5) is 5.69 Å². The highest BCUT2D eigenvalue weighted by Gasteiger charge is 2.67. The highest BCUT2D eigenvalue weighted by atomic mass is 16.5. The molecule has 2 bridgehead atoms. The molecule has 2 amide bonds. The number of aryl methyl sites for hydroxylation is 1. The third-order valence-corrected chi connectivity index (χ3v) is 7.68. The molecule has 0 aromatic heterocycles. The minimum Gasteiger partial charge on any atom is -0.423 e. The van der Waals surface area contributed by atoms with Crippen LogP contribution in [-0.2, 0) is 16.0 Å². The van der Waals surface area contributed by atoms with Crippen LogP contribution in [0.2, 0.25) is 0 Å². The number of carbonyl (C=O) groups excluding carboxylic acids is 3. The second-order valence-corrected chi connectivity index (χ2v) is 9.50. The lowest BCUT2D eigenvalue weighted by Gasteiger charge is -2.37. The summed E-state index contributed by atoms with van der Waals surface area (Å²) in [6.45, 7) is 2.12. The van der Waals surface area contributed by atoms with Gasteiger partial charge in [-0.1, -0.05) is 43.7 Å². The fourth-order valence-electron chi connectivity index (χ4n) is 6.16. The van der Waals surface area contributed by atoms with Crippen molar-refractivity contribution in [2.24, 2.45) is 35.5 Å². The van der Waals surface area contributed by atoms with E-state index >= 15 is 0 Å². The van der Waals surface area contributed by atoms with Crippen LogP contribution in [0.25, 0.3) is 0 Å². The van der Waals surface area contributed by atoms with Crippen LogP contribution >= 0.6 is 0 Å². The molecule has 1 heterocycles. The van der Waals surface area contributed by atoms with E-state index < -0.39 is 5.97 Å². The minimum atomic E-state index is -0.505. The molecule has 1 saturated heterocycles. The van der Waals surface area contributed by atoms with Gasteiger partial charge in [0.15, 0.2) is 0 Å². The zero-order chi connectivity index (χ0) is 22.0. The van der Waals surface area contributed by atoms with E-state index in [4.69, 9.17) is 4.74 Å². The zero-order valence-corrected chi connectivity index (χ0v) is 17.9. The van der Waals surface area contributed by atoms with E-state index in [1.54, 1.807) is 36.4 Å². The quantitative estimate of drug-likeness (QED) is 0.307. The predicted molar refractivity (Wildman–Crippen MR) is 119 cm³/mol. The molecular formula is C27H25NO4. The number of allylic oxidation sites excluding steroid dienone is 2. The number of hydrogen-bond acceptors (Lipinski definition) is 4. The average molecular weight is 428 g/mol. The molecular weight excluding hydrogens is 402 g/mol. The van der Waals surface area contributed by atoms with Gasteiger partial charge in [-0.25, -0.2) is 9.69 Å². The van der Waals surface area contributed by atoms with E-state index in [0.717, 1.165) is 19.3 Å². The summed E-state index contributed by atoms with van der Waals surface area (Å²) in [5, 5.41) is 0. The van der Waals surface area contributed by atoms with Gasteiger partial charge in [0.05, 0.1) is 23.1 Å². The average Bonchev–Trinajstić information content (AvgIpc) is 3.59. The Bertz CT molecular complexity index is 1110. The molecule has 3 fully saturated rings. The molecule has 0 radical (unpaired) electrons. The molecule has 6 atom stereocenters. The second-order valence-electron chi connectivity index (χ2n) is 9.50. The van der Waals surface area contributed by atoms with E-state index in [1.807, 2.05) is 12.1 Å². The molecule has 2 aromatic rings. The molecule has 5 heteroatoms. The molecule has 2 aromatic carbocycles. The molecule has 32 heavy (non-hydrogen) atoms. The van der Waals surface area contributed by atoms with Crippen molar-refractivity contribution < 1.29 is 19.1 Å². The van der Waals surface area contributed by atoms with Crippen molar-refractivity contribution in [2.45, 2.75) is 26.2 Å². The summed E-state index contributed by atoms with van der Waals surface area (Å²) in [5.74, 6) is 0.706. The third-order valence-electron chi connectivity index (χ3n) is 7.68. The van der Waals surface area contributed by atoms with E-state index in [9.17, 15) is 14.4 Å². The van der Waals surface area contributed by atoms with Gasteiger partial charge in [-0.05, 0) is 72.4 Å². The van der Waals surface area contributed by atoms with Gasteiger partial charge in [0, 0.05) is 0 Å². The summed E-state index contributed by atoms with van der Waals surface area (Å²) in [7, 11) is 0. The predicted octanol–water partition coefficient (Wildman–Crippen LogP) is 4.42. The Labute approximate surface area is 187 Å². The number of imide groups is 1. The first kappa shape index (κ1) is 19.5. The Balaban J connectivity index is 1.23. The number of ether oxygens (including phenoxy) is 1. The number of esters is 1. The van der Waals surface area contributed by atoms with Gasteiger partial charge in [-0.2, -0.15) is 0 Å². The van der Waals surface area contributed by atoms with Crippen LogP contribution in [0.5, 0.6) is 5.75 Å². The van der Waals surface area contributed by atoms with Crippen molar-refractivity contribution in [3.63, 3.8) is 0 Å². The fraction of sp³-hybridized carbons (Fsp3) is 0.370. The minimum absolute atomic E-state index is 0.123. The number of benzene rings is 2. The molecule has 1 aliphatic heterocycles. The smallest absolute Gasteiger partial charge is 0.343 e. The maximum absolute atomic E-state index is 13.3. The van der Waals surface area contributed by atoms with Gasteiger partial charge < -0.3 is 4.74 Å². The van der Waals surface area contributed by atoms with Gasteiger partial charge in [0.2, 0.25) is 11.8 Å². The summed E-state index contributed by atoms with van der Waals surface area (Å²) in [5.41, 5.74) is 1.97. The van der Waals surface area contributed by atoms with Gasteiger partial charge >= 0.3 is 5.97 Å². The van der Waals surface area contributed by atoms with Crippen LogP contribution in [0, 0.1) is 35.5 Å². The Morgan fingerprint density at radius 3 is 2.25 bits per heavy atom. The summed E-state index contributed by atoms with van der Waals surface area (Å²) < 4.78 is 5.53. The topological polar surface area (TPSA) is 63.7 Å². The Hall–Kier alpha value is -3.21.